The van der Waals surface area contributed by atoms with Gasteiger partial charge in [0.2, 0.25) is 0 Å². The second kappa shape index (κ2) is 5.54. The van der Waals surface area contributed by atoms with Gasteiger partial charge in [-0.15, -0.1) is 0 Å². The molecule has 0 atom stereocenters. The molecule has 0 amide bonds. The van der Waals surface area contributed by atoms with Crippen LogP contribution in [0.4, 0.5) is 13.2 Å². The molecule has 0 aliphatic carbocycles. The lowest BCUT2D eigenvalue weighted by atomic mass is 10.3. The van der Waals surface area contributed by atoms with Crippen LogP contribution in [-0.4, -0.2) is 35.2 Å². The Hall–Kier alpha value is -1.02. The van der Waals surface area contributed by atoms with E-state index in [1.807, 2.05) is 0 Å². The van der Waals surface area contributed by atoms with Gasteiger partial charge in [-0.2, -0.15) is 13.2 Å². The van der Waals surface area contributed by atoms with E-state index in [9.17, 15) is 18.0 Å². The quantitative estimate of drug-likeness (QED) is 0.907. The SMILES string of the molecule is O=C(O)CN(Cc1ccc(Br)o1)CC(F)(F)F. The summed E-state index contributed by atoms with van der Waals surface area (Å²) in [7, 11) is 0. The summed E-state index contributed by atoms with van der Waals surface area (Å²) >= 11 is 3.01. The highest BCUT2D eigenvalue weighted by Crippen LogP contribution is 2.20. The first kappa shape index (κ1) is 14.0. The number of hydrogen-bond acceptors (Lipinski definition) is 3. The van der Waals surface area contributed by atoms with Crippen LogP contribution in [0, 0.1) is 0 Å². The third-order valence-electron chi connectivity index (χ3n) is 1.77. The minimum absolute atomic E-state index is 0.211. The first-order chi connectivity index (χ1) is 7.76. The molecule has 1 aromatic heterocycles. The van der Waals surface area contributed by atoms with Crippen molar-refractivity contribution >= 4 is 21.9 Å². The lowest BCUT2D eigenvalue weighted by Crippen LogP contribution is -2.37. The van der Waals surface area contributed by atoms with Crippen molar-refractivity contribution < 1.29 is 27.5 Å². The molecule has 0 saturated carbocycles. The van der Waals surface area contributed by atoms with Crippen molar-refractivity contribution in [1.29, 1.82) is 0 Å². The Bertz CT molecular complexity index is 391. The van der Waals surface area contributed by atoms with E-state index in [1.54, 1.807) is 0 Å². The lowest BCUT2D eigenvalue weighted by Gasteiger charge is -2.20. The molecule has 0 saturated heterocycles. The topological polar surface area (TPSA) is 53.7 Å². The van der Waals surface area contributed by atoms with Crippen LogP contribution < -0.4 is 0 Å². The van der Waals surface area contributed by atoms with Crippen molar-refractivity contribution in [3.63, 3.8) is 0 Å². The van der Waals surface area contributed by atoms with Crippen molar-refractivity contribution in [3.8, 4) is 0 Å². The highest BCUT2D eigenvalue weighted by atomic mass is 79.9. The number of aliphatic carboxylic acids is 1. The van der Waals surface area contributed by atoms with Crippen LogP contribution in [0.1, 0.15) is 5.76 Å². The first-order valence-electron chi connectivity index (χ1n) is 4.51. The first-order valence-corrected chi connectivity index (χ1v) is 5.30. The molecule has 1 aromatic rings. The summed E-state index contributed by atoms with van der Waals surface area (Å²) in [6.45, 7) is -2.20. The maximum Gasteiger partial charge on any atom is 0.401 e. The van der Waals surface area contributed by atoms with E-state index in [-0.39, 0.29) is 12.3 Å². The van der Waals surface area contributed by atoms with E-state index in [0.29, 0.717) is 4.67 Å². The highest BCUT2D eigenvalue weighted by Gasteiger charge is 2.31. The Balaban J connectivity index is 2.66. The maximum atomic E-state index is 12.2. The predicted molar refractivity (Wildman–Crippen MR) is 55.4 cm³/mol. The second-order valence-electron chi connectivity index (χ2n) is 3.36. The molecule has 1 rings (SSSR count). The van der Waals surface area contributed by atoms with Crippen LogP contribution >= 0.6 is 15.9 Å². The number of furan rings is 1. The molecule has 0 radical (unpaired) electrons. The Morgan fingerprint density at radius 3 is 2.53 bits per heavy atom. The molecule has 0 unspecified atom stereocenters. The molecule has 0 aromatic carbocycles. The largest absolute Gasteiger partial charge is 0.480 e. The van der Waals surface area contributed by atoms with Crippen LogP contribution in [0.3, 0.4) is 0 Å². The normalized spacial score (nSPS) is 12.1. The van der Waals surface area contributed by atoms with E-state index in [2.05, 4.69) is 15.9 Å². The van der Waals surface area contributed by atoms with E-state index in [0.717, 1.165) is 4.90 Å². The third-order valence-corrected chi connectivity index (χ3v) is 2.20. The van der Waals surface area contributed by atoms with E-state index >= 15 is 0 Å². The molecular weight excluding hydrogens is 307 g/mol. The summed E-state index contributed by atoms with van der Waals surface area (Å²) in [6, 6.07) is 3.01. The van der Waals surface area contributed by atoms with Crippen LogP contribution in [0.5, 0.6) is 0 Å². The molecule has 1 heterocycles. The monoisotopic (exact) mass is 315 g/mol. The number of nitrogens with zero attached hydrogens (tertiary/aromatic N) is 1. The van der Waals surface area contributed by atoms with Gasteiger partial charge in [0.25, 0.3) is 0 Å². The number of hydrogen-bond donors (Lipinski definition) is 1. The van der Waals surface area contributed by atoms with E-state index in [1.165, 1.54) is 12.1 Å². The van der Waals surface area contributed by atoms with Gasteiger partial charge in [0.1, 0.15) is 5.76 Å². The fraction of sp³-hybridized carbons (Fsp3) is 0.444. The average molecular weight is 316 g/mol. The fourth-order valence-electron chi connectivity index (χ4n) is 1.27. The summed E-state index contributed by atoms with van der Waals surface area (Å²) in [5.41, 5.74) is 0. The highest BCUT2D eigenvalue weighted by molar-refractivity contribution is 9.10. The van der Waals surface area contributed by atoms with Gasteiger partial charge in [-0.1, -0.05) is 0 Å². The standard InChI is InChI=1S/C9H9BrF3NO3/c10-7-2-1-6(17-7)3-14(4-8(15)16)5-9(11,12)13/h1-2H,3-5H2,(H,15,16). The molecule has 0 fully saturated rings. The Kier molecular flexibility index (Phi) is 4.58. The second-order valence-corrected chi connectivity index (χ2v) is 4.14. The van der Waals surface area contributed by atoms with Gasteiger partial charge in [0, 0.05) is 0 Å². The third kappa shape index (κ3) is 5.73. The fourth-order valence-corrected chi connectivity index (χ4v) is 1.61. The van der Waals surface area contributed by atoms with Crippen molar-refractivity contribution in [2.75, 3.05) is 13.1 Å². The maximum absolute atomic E-state index is 12.2. The van der Waals surface area contributed by atoms with Crippen molar-refractivity contribution in [1.82, 2.24) is 4.90 Å². The summed E-state index contributed by atoms with van der Waals surface area (Å²) in [5, 5.41) is 8.52. The van der Waals surface area contributed by atoms with Crippen LogP contribution in [0.25, 0.3) is 0 Å². The Labute approximate surface area is 103 Å². The van der Waals surface area contributed by atoms with Gasteiger partial charge >= 0.3 is 12.1 Å². The summed E-state index contributed by atoms with van der Waals surface area (Å²) in [4.78, 5) is 11.2. The van der Waals surface area contributed by atoms with Crippen molar-refractivity contribution in [2.24, 2.45) is 0 Å². The number of alkyl halides is 3. The number of carboxylic acids is 1. The number of rotatable bonds is 5. The van der Waals surface area contributed by atoms with Gasteiger partial charge in [0.15, 0.2) is 4.67 Å². The van der Waals surface area contributed by atoms with Crippen molar-refractivity contribution in [3.05, 3.63) is 22.6 Å². The number of halogens is 4. The predicted octanol–water partition coefficient (Wildman–Crippen LogP) is 2.49. The summed E-state index contributed by atoms with van der Waals surface area (Å²) in [5.74, 6) is -1.05. The molecule has 96 valence electrons. The zero-order valence-electron chi connectivity index (χ0n) is 8.50. The number of carboxylic acid groups (broad SMARTS) is 1. The number of carbonyl (C=O) groups is 1. The van der Waals surface area contributed by atoms with Gasteiger partial charge in [-0.05, 0) is 28.1 Å². The summed E-state index contributed by atoms with van der Waals surface area (Å²) in [6.07, 6.45) is -4.45. The smallest absolute Gasteiger partial charge is 0.401 e. The zero-order valence-corrected chi connectivity index (χ0v) is 10.1. The Morgan fingerprint density at radius 2 is 2.12 bits per heavy atom. The average Bonchev–Trinajstić information content (AvgIpc) is 2.46. The molecule has 17 heavy (non-hydrogen) atoms. The lowest BCUT2D eigenvalue weighted by molar-refractivity contribution is -0.155. The zero-order chi connectivity index (χ0) is 13.1. The van der Waals surface area contributed by atoms with Gasteiger partial charge in [-0.25, -0.2) is 0 Å². The molecule has 8 heteroatoms. The van der Waals surface area contributed by atoms with E-state index in [4.69, 9.17) is 9.52 Å². The molecule has 0 spiro atoms. The van der Waals surface area contributed by atoms with Crippen LogP contribution in [0.2, 0.25) is 0 Å². The minimum Gasteiger partial charge on any atom is -0.480 e. The molecular formula is C9H9BrF3NO3. The molecule has 0 bridgehead atoms. The molecule has 4 nitrogen and oxygen atoms in total. The van der Waals surface area contributed by atoms with Crippen molar-refractivity contribution in [2.45, 2.75) is 12.7 Å². The van der Waals surface area contributed by atoms with Crippen LogP contribution in [0.15, 0.2) is 21.2 Å². The minimum atomic E-state index is -4.45. The Morgan fingerprint density at radius 1 is 1.47 bits per heavy atom. The van der Waals surface area contributed by atoms with Crippen LogP contribution in [-0.2, 0) is 11.3 Å². The van der Waals surface area contributed by atoms with E-state index < -0.39 is 25.2 Å². The summed E-state index contributed by atoms with van der Waals surface area (Å²) < 4.78 is 42.0. The molecule has 1 N–H and O–H groups in total. The van der Waals surface area contributed by atoms with Gasteiger partial charge in [-0.3, -0.25) is 9.69 Å². The molecule has 0 aliphatic rings. The van der Waals surface area contributed by atoms with Gasteiger partial charge < -0.3 is 9.52 Å². The van der Waals surface area contributed by atoms with Gasteiger partial charge in [0.05, 0.1) is 19.6 Å². The molecule has 0 aliphatic heterocycles.